The van der Waals surface area contributed by atoms with Crippen molar-refractivity contribution in [3.05, 3.63) is 29.6 Å². The van der Waals surface area contributed by atoms with E-state index in [1.54, 1.807) is 0 Å². The van der Waals surface area contributed by atoms with Gasteiger partial charge in [0.1, 0.15) is 5.82 Å². The van der Waals surface area contributed by atoms with Crippen molar-refractivity contribution >= 4 is 10.0 Å². The molecule has 1 aliphatic carbocycles. The van der Waals surface area contributed by atoms with E-state index < -0.39 is 15.8 Å². The van der Waals surface area contributed by atoms with Crippen LogP contribution in [0.3, 0.4) is 0 Å². The van der Waals surface area contributed by atoms with Gasteiger partial charge in [-0.25, -0.2) is 17.5 Å². The molecule has 0 amide bonds. The van der Waals surface area contributed by atoms with E-state index in [2.05, 4.69) is 4.72 Å². The van der Waals surface area contributed by atoms with Crippen LogP contribution in [0, 0.1) is 11.7 Å². The lowest BCUT2D eigenvalue weighted by Gasteiger charge is -2.25. The van der Waals surface area contributed by atoms with E-state index in [0.29, 0.717) is 12.5 Å². The van der Waals surface area contributed by atoms with Crippen molar-refractivity contribution in [2.75, 3.05) is 6.54 Å². The van der Waals surface area contributed by atoms with Gasteiger partial charge in [-0.05, 0) is 30.9 Å². The fourth-order valence-corrected chi connectivity index (χ4v) is 3.36. The van der Waals surface area contributed by atoms with Crippen LogP contribution in [0.15, 0.2) is 23.1 Å². The highest BCUT2D eigenvalue weighted by molar-refractivity contribution is 7.89. The van der Waals surface area contributed by atoms with Crippen LogP contribution in [-0.4, -0.2) is 15.0 Å². The summed E-state index contributed by atoms with van der Waals surface area (Å²) in [5.41, 5.74) is 5.45. The molecule has 4 nitrogen and oxygen atoms in total. The molecular weight excluding hydrogens is 255 g/mol. The summed E-state index contributed by atoms with van der Waals surface area (Å²) < 4.78 is 40.2. The highest BCUT2D eigenvalue weighted by Crippen LogP contribution is 2.26. The summed E-state index contributed by atoms with van der Waals surface area (Å²) in [4.78, 5) is -0.0516. The van der Waals surface area contributed by atoms with E-state index in [9.17, 15) is 12.8 Å². The molecule has 0 unspecified atom stereocenters. The van der Waals surface area contributed by atoms with Gasteiger partial charge < -0.3 is 5.73 Å². The first kappa shape index (κ1) is 13.5. The molecule has 0 aliphatic heterocycles. The van der Waals surface area contributed by atoms with Crippen LogP contribution in [-0.2, 0) is 16.6 Å². The summed E-state index contributed by atoms with van der Waals surface area (Å²) in [5.74, 6) is -0.168. The van der Waals surface area contributed by atoms with Crippen LogP contribution in [0.25, 0.3) is 0 Å². The molecule has 1 fully saturated rings. The largest absolute Gasteiger partial charge is 0.326 e. The third-order valence-corrected chi connectivity index (χ3v) is 4.86. The normalized spacial score (nSPS) is 16.6. The van der Waals surface area contributed by atoms with Crippen molar-refractivity contribution in [3.63, 3.8) is 0 Å². The highest BCUT2D eigenvalue weighted by atomic mass is 32.2. The molecule has 0 heterocycles. The number of hydrogen-bond acceptors (Lipinski definition) is 3. The van der Waals surface area contributed by atoms with Crippen molar-refractivity contribution in [3.8, 4) is 0 Å². The van der Waals surface area contributed by atoms with Gasteiger partial charge in [0, 0.05) is 18.7 Å². The minimum atomic E-state index is -3.67. The maximum atomic E-state index is 13.5. The van der Waals surface area contributed by atoms with Crippen molar-refractivity contribution < 1.29 is 12.8 Å². The van der Waals surface area contributed by atoms with E-state index in [1.807, 2.05) is 0 Å². The number of hydrogen-bond donors (Lipinski definition) is 2. The standard InChI is InChI=1S/C12H17FN2O2S/c13-11-5-2-6-12(10(11)7-14)18(16,17)15-8-9-3-1-4-9/h2,5-6,9,15H,1,3-4,7-8,14H2. The lowest BCUT2D eigenvalue weighted by atomic mass is 9.86. The molecule has 0 radical (unpaired) electrons. The van der Waals surface area contributed by atoms with Crippen LogP contribution in [0.4, 0.5) is 4.39 Å². The zero-order valence-corrected chi connectivity index (χ0v) is 10.8. The Morgan fingerprint density at radius 1 is 1.39 bits per heavy atom. The lowest BCUT2D eigenvalue weighted by Crippen LogP contribution is -2.33. The van der Waals surface area contributed by atoms with Crippen LogP contribution < -0.4 is 10.5 Å². The van der Waals surface area contributed by atoms with Gasteiger partial charge in [-0.2, -0.15) is 0 Å². The summed E-state index contributed by atoms with van der Waals surface area (Å²) in [6, 6.07) is 3.98. The fourth-order valence-electron chi connectivity index (χ4n) is 1.99. The van der Waals surface area contributed by atoms with E-state index in [-0.39, 0.29) is 17.0 Å². The Balaban J connectivity index is 2.20. The Morgan fingerprint density at radius 2 is 2.11 bits per heavy atom. The second kappa shape index (κ2) is 5.34. The number of rotatable bonds is 5. The number of halogens is 1. The van der Waals surface area contributed by atoms with E-state index in [4.69, 9.17) is 5.73 Å². The Bertz CT molecular complexity index is 527. The first-order chi connectivity index (χ1) is 8.54. The molecule has 0 atom stereocenters. The highest BCUT2D eigenvalue weighted by Gasteiger charge is 2.23. The van der Waals surface area contributed by atoms with Crippen LogP contribution in [0.5, 0.6) is 0 Å². The van der Waals surface area contributed by atoms with Gasteiger partial charge in [0.05, 0.1) is 4.90 Å². The molecule has 1 aromatic carbocycles. The van der Waals surface area contributed by atoms with Gasteiger partial charge in [0.2, 0.25) is 10.0 Å². The number of nitrogens with one attached hydrogen (secondary N) is 1. The molecule has 0 aromatic heterocycles. The molecule has 1 aromatic rings. The first-order valence-corrected chi connectivity index (χ1v) is 7.50. The second-order valence-electron chi connectivity index (χ2n) is 4.57. The van der Waals surface area contributed by atoms with Crippen molar-refractivity contribution in [2.24, 2.45) is 11.7 Å². The van der Waals surface area contributed by atoms with Crippen LogP contribution in [0.2, 0.25) is 0 Å². The van der Waals surface area contributed by atoms with Gasteiger partial charge in [0.15, 0.2) is 0 Å². The number of nitrogens with two attached hydrogens (primary N) is 1. The quantitative estimate of drug-likeness (QED) is 0.850. The average Bonchev–Trinajstić information content (AvgIpc) is 2.26. The maximum absolute atomic E-state index is 13.5. The summed E-state index contributed by atoms with van der Waals surface area (Å²) in [6.45, 7) is 0.287. The third-order valence-electron chi connectivity index (χ3n) is 3.36. The zero-order valence-electron chi connectivity index (χ0n) is 10.0. The molecule has 0 saturated heterocycles. The summed E-state index contributed by atoms with van der Waals surface area (Å²) in [5, 5.41) is 0. The van der Waals surface area contributed by atoms with Crippen LogP contribution >= 0.6 is 0 Å². The topological polar surface area (TPSA) is 72.2 Å². The molecule has 6 heteroatoms. The van der Waals surface area contributed by atoms with Gasteiger partial charge in [-0.1, -0.05) is 12.5 Å². The lowest BCUT2D eigenvalue weighted by molar-refractivity contribution is 0.316. The van der Waals surface area contributed by atoms with Crippen LogP contribution in [0.1, 0.15) is 24.8 Å². The predicted molar refractivity (Wildman–Crippen MR) is 66.8 cm³/mol. The summed E-state index contributed by atoms with van der Waals surface area (Å²) >= 11 is 0. The zero-order chi connectivity index (χ0) is 13.2. The Hall–Kier alpha value is -0.980. The Kier molecular flexibility index (Phi) is 3.99. The van der Waals surface area contributed by atoms with Gasteiger partial charge >= 0.3 is 0 Å². The fraction of sp³-hybridized carbons (Fsp3) is 0.500. The molecule has 1 saturated carbocycles. The van der Waals surface area contributed by atoms with Gasteiger partial charge in [-0.15, -0.1) is 0 Å². The number of benzene rings is 1. The minimum Gasteiger partial charge on any atom is -0.326 e. The smallest absolute Gasteiger partial charge is 0.241 e. The summed E-state index contributed by atoms with van der Waals surface area (Å²) in [7, 11) is -3.67. The summed E-state index contributed by atoms with van der Waals surface area (Å²) in [6.07, 6.45) is 3.26. The molecule has 18 heavy (non-hydrogen) atoms. The maximum Gasteiger partial charge on any atom is 0.241 e. The van der Waals surface area contributed by atoms with E-state index >= 15 is 0 Å². The molecule has 2 rings (SSSR count). The van der Waals surface area contributed by atoms with Gasteiger partial charge in [0.25, 0.3) is 0 Å². The predicted octanol–water partition coefficient (Wildman–Crippen LogP) is 1.36. The minimum absolute atomic E-state index is 0.0404. The Morgan fingerprint density at radius 3 is 2.67 bits per heavy atom. The SMILES string of the molecule is NCc1c(F)cccc1S(=O)(=O)NCC1CCC1. The van der Waals surface area contributed by atoms with Crippen molar-refractivity contribution in [2.45, 2.75) is 30.7 Å². The molecule has 0 spiro atoms. The first-order valence-electron chi connectivity index (χ1n) is 6.01. The van der Waals surface area contributed by atoms with E-state index in [1.165, 1.54) is 18.2 Å². The van der Waals surface area contributed by atoms with Crippen molar-refractivity contribution in [1.82, 2.24) is 4.72 Å². The molecular formula is C12H17FN2O2S. The molecule has 1 aliphatic rings. The monoisotopic (exact) mass is 272 g/mol. The molecule has 3 N–H and O–H groups in total. The molecule has 0 bridgehead atoms. The van der Waals surface area contributed by atoms with Gasteiger partial charge in [-0.3, -0.25) is 0 Å². The average molecular weight is 272 g/mol. The number of sulfonamides is 1. The third kappa shape index (κ3) is 2.71. The Labute approximate surface area is 106 Å². The second-order valence-corrected chi connectivity index (χ2v) is 6.30. The molecule has 100 valence electrons. The van der Waals surface area contributed by atoms with Crippen molar-refractivity contribution in [1.29, 1.82) is 0 Å². The van der Waals surface area contributed by atoms with E-state index in [0.717, 1.165) is 19.3 Å².